The molecule has 2 heterocycles. The smallest absolute Gasteiger partial charge is 0.329 e. The first-order valence-corrected chi connectivity index (χ1v) is 11.4. The number of benzene rings is 1. The van der Waals surface area contributed by atoms with Crippen molar-refractivity contribution in [2.75, 3.05) is 53.2 Å². The molecule has 33 heavy (non-hydrogen) atoms. The number of nitrogens with zero attached hydrogens (tertiary/aromatic N) is 2. The van der Waals surface area contributed by atoms with E-state index in [2.05, 4.69) is 31.8 Å². The molecule has 0 radical (unpaired) electrons. The lowest BCUT2D eigenvalue weighted by molar-refractivity contribution is -0.139. The molecule has 0 aromatic heterocycles. The Bertz CT molecular complexity index is 884. The van der Waals surface area contributed by atoms with Gasteiger partial charge in [-0.1, -0.05) is 0 Å². The van der Waals surface area contributed by atoms with Gasteiger partial charge >= 0.3 is 11.8 Å². The second-order valence-electron chi connectivity index (χ2n) is 7.36. The first-order chi connectivity index (χ1) is 16.0. The van der Waals surface area contributed by atoms with Crippen LogP contribution in [0.4, 0.5) is 0 Å². The summed E-state index contributed by atoms with van der Waals surface area (Å²) in [6.07, 6.45) is 3.11. The van der Waals surface area contributed by atoms with E-state index in [1.165, 1.54) is 13.3 Å². The number of halogens is 1. The molecule has 0 aliphatic carbocycles. The minimum Gasteiger partial charge on any atom is -0.493 e. The van der Waals surface area contributed by atoms with E-state index in [1.54, 1.807) is 17.0 Å². The van der Waals surface area contributed by atoms with Crippen LogP contribution in [0.3, 0.4) is 0 Å². The van der Waals surface area contributed by atoms with Crippen LogP contribution >= 0.6 is 15.9 Å². The molecule has 2 fully saturated rings. The van der Waals surface area contributed by atoms with E-state index >= 15 is 0 Å². The second kappa shape index (κ2) is 12.5. The van der Waals surface area contributed by atoms with E-state index in [0.29, 0.717) is 54.4 Å². The number of rotatable bonds is 8. The van der Waals surface area contributed by atoms with Gasteiger partial charge in [0.2, 0.25) is 0 Å². The van der Waals surface area contributed by atoms with Gasteiger partial charge < -0.3 is 29.2 Å². The number of nitrogens with one attached hydrogen (secondary N) is 2. The summed E-state index contributed by atoms with van der Waals surface area (Å²) in [4.78, 5) is 37.7. The molecule has 0 bridgehead atoms. The van der Waals surface area contributed by atoms with E-state index in [1.807, 2.05) is 0 Å². The molecule has 1 aromatic rings. The lowest BCUT2D eigenvalue weighted by Gasteiger charge is -2.26. The number of hydrogen-bond donors (Lipinski definition) is 2. The first-order valence-electron chi connectivity index (χ1n) is 10.6. The third-order valence-corrected chi connectivity index (χ3v) is 5.64. The van der Waals surface area contributed by atoms with Gasteiger partial charge in [-0.3, -0.25) is 14.4 Å². The topological polar surface area (TPSA) is 128 Å². The largest absolute Gasteiger partial charge is 0.493 e. The fraction of sp³-hybridized carbons (Fsp3) is 0.524. The van der Waals surface area contributed by atoms with Gasteiger partial charge in [0.1, 0.15) is 0 Å². The Morgan fingerprint density at radius 1 is 1.24 bits per heavy atom. The van der Waals surface area contributed by atoms with Crippen LogP contribution in [0.15, 0.2) is 21.7 Å². The van der Waals surface area contributed by atoms with E-state index in [4.69, 9.17) is 18.9 Å². The molecule has 180 valence electrons. The summed E-state index contributed by atoms with van der Waals surface area (Å²) >= 11 is 3.41. The van der Waals surface area contributed by atoms with Gasteiger partial charge in [-0.2, -0.15) is 5.10 Å². The lowest BCUT2D eigenvalue weighted by atomic mass is 10.2. The van der Waals surface area contributed by atoms with Crippen LogP contribution in [0.25, 0.3) is 0 Å². The SMILES string of the molecule is COc1cc(/C=N\NC(=O)C(=O)NC[C@H]2CCCO2)cc(Br)c1OCC(=O)N1CCOCC1. The number of methoxy groups -OCH3 is 1. The summed E-state index contributed by atoms with van der Waals surface area (Å²) < 4.78 is 22.2. The number of amides is 3. The van der Waals surface area contributed by atoms with Crippen LogP contribution in [-0.2, 0) is 23.9 Å². The normalized spacial score (nSPS) is 18.2. The summed E-state index contributed by atoms with van der Waals surface area (Å²) in [5, 5.41) is 6.34. The van der Waals surface area contributed by atoms with E-state index < -0.39 is 11.8 Å². The third kappa shape index (κ3) is 7.41. The maximum absolute atomic E-state index is 12.3. The molecule has 0 unspecified atom stereocenters. The van der Waals surface area contributed by atoms with Crippen molar-refractivity contribution in [1.29, 1.82) is 0 Å². The Kier molecular flexibility index (Phi) is 9.46. The van der Waals surface area contributed by atoms with Gasteiger partial charge in [-0.15, -0.1) is 0 Å². The summed E-state index contributed by atoms with van der Waals surface area (Å²) in [5.41, 5.74) is 2.76. The molecule has 1 aromatic carbocycles. The van der Waals surface area contributed by atoms with Crippen LogP contribution in [0, 0.1) is 0 Å². The fourth-order valence-electron chi connectivity index (χ4n) is 3.30. The number of carbonyl (C=O) groups is 3. The highest BCUT2D eigenvalue weighted by atomic mass is 79.9. The van der Waals surface area contributed by atoms with E-state index in [0.717, 1.165) is 12.8 Å². The average Bonchev–Trinajstić information content (AvgIpc) is 3.35. The van der Waals surface area contributed by atoms with Crippen LogP contribution in [0.1, 0.15) is 18.4 Å². The molecule has 11 nitrogen and oxygen atoms in total. The van der Waals surface area contributed by atoms with Gasteiger partial charge in [0.05, 0.1) is 37.1 Å². The zero-order valence-corrected chi connectivity index (χ0v) is 19.9. The van der Waals surface area contributed by atoms with E-state index in [9.17, 15) is 14.4 Å². The van der Waals surface area contributed by atoms with Crippen LogP contribution in [-0.4, -0.2) is 88.1 Å². The zero-order valence-electron chi connectivity index (χ0n) is 18.3. The Hall–Kier alpha value is -2.70. The van der Waals surface area contributed by atoms with Crippen LogP contribution in [0.5, 0.6) is 11.5 Å². The number of hydrogen-bond acceptors (Lipinski definition) is 8. The third-order valence-electron chi connectivity index (χ3n) is 5.06. The van der Waals surface area contributed by atoms with Crippen molar-refractivity contribution in [3.63, 3.8) is 0 Å². The molecule has 2 aliphatic heterocycles. The van der Waals surface area contributed by atoms with Gasteiger partial charge in [-0.05, 0) is 46.5 Å². The van der Waals surface area contributed by atoms with Gasteiger partial charge in [0.15, 0.2) is 18.1 Å². The summed E-state index contributed by atoms with van der Waals surface area (Å²) in [6, 6.07) is 3.32. The van der Waals surface area contributed by atoms with Crippen molar-refractivity contribution in [1.82, 2.24) is 15.6 Å². The lowest BCUT2D eigenvalue weighted by Crippen LogP contribution is -2.43. The highest BCUT2D eigenvalue weighted by Gasteiger charge is 2.20. The average molecular weight is 527 g/mol. The molecule has 3 rings (SSSR count). The Balaban J connectivity index is 1.52. The molecule has 0 saturated carbocycles. The van der Waals surface area contributed by atoms with Gasteiger partial charge in [0, 0.05) is 26.2 Å². The Morgan fingerprint density at radius 3 is 2.73 bits per heavy atom. The molecule has 12 heteroatoms. The minimum atomic E-state index is -0.878. The van der Waals surface area contributed by atoms with E-state index in [-0.39, 0.29) is 25.2 Å². The predicted octanol–water partition coefficient (Wildman–Crippen LogP) is 0.441. The fourth-order valence-corrected chi connectivity index (χ4v) is 3.87. The van der Waals surface area contributed by atoms with Crippen molar-refractivity contribution in [2.24, 2.45) is 5.10 Å². The van der Waals surface area contributed by atoms with Crippen LogP contribution < -0.4 is 20.2 Å². The van der Waals surface area contributed by atoms with Crippen molar-refractivity contribution in [3.05, 3.63) is 22.2 Å². The van der Waals surface area contributed by atoms with Crippen molar-refractivity contribution in [3.8, 4) is 11.5 Å². The number of carbonyl (C=O) groups excluding carboxylic acids is 3. The van der Waals surface area contributed by atoms with Gasteiger partial charge in [-0.25, -0.2) is 5.43 Å². The molecular formula is C21H27BrN4O7. The van der Waals surface area contributed by atoms with Crippen LogP contribution in [0.2, 0.25) is 0 Å². The molecule has 2 N–H and O–H groups in total. The molecule has 1 atom stereocenters. The number of hydrazone groups is 1. The summed E-state index contributed by atoms with van der Waals surface area (Å²) in [7, 11) is 1.47. The molecule has 2 aliphatic rings. The maximum atomic E-state index is 12.3. The maximum Gasteiger partial charge on any atom is 0.329 e. The molecule has 0 spiro atoms. The summed E-state index contributed by atoms with van der Waals surface area (Å²) in [5.74, 6) is -1.06. The molecular weight excluding hydrogens is 500 g/mol. The highest BCUT2D eigenvalue weighted by Crippen LogP contribution is 2.36. The van der Waals surface area contributed by atoms with Gasteiger partial charge in [0.25, 0.3) is 5.91 Å². The number of morpholine rings is 1. The Labute approximate surface area is 199 Å². The first kappa shape index (κ1) is 24.9. The molecule has 2 saturated heterocycles. The second-order valence-corrected chi connectivity index (χ2v) is 8.21. The monoisotopic (exact) mass is 526 g/mol. The standard InChI is InChI=1S/C21H27BrN4O7/c1-30-17-10-14(11-24-25-21(29)20(28)23-12-15-3-2-6-32-15)9-16(22)19(17)33-13-18(27)26-4-7-31-8-5-26/h9-11,15H,2-8,12-13H2,1H3,(H,23,28)(H,25,29)/b24-11-/t15-/m1/s1. The predicted molar refractivity (Wildman–Crippen MR) is 121 cm³/mol. The molecule has 3 amide bonds. The highest BCUT2D eigenvalue weighted by molar-refractivity contribution is 9.10. The quantitative estimate of drug-likeness (QED) is 0.285. The number of ether oxygens (including phenoxy) is 4. The zero-order chi connectivity index (χ0) is 23.6. The Morgan fingerprint density at radius 2 is 2.03 bits per heavy atom. The summed E-state index contributed by atoms with van der Waals surface area (Å²) in [6.45, 7) is 2.92. The van der Waals surface area contributed by atoms with Crippen molar-refractivity contribution >= 4 is 39.9 Å². The minimum absolute atomic E-state index is 0.0556. The van der Waals surface area contributed by atoms with Crippen molar-refractivity contribution < 1.29 is 33.3 Å². The van der Waals surface area contributed by atoms with Crippen molar-refractivity contribution in [2.45, 2.75) is 18.9 Å².